The van der Waals surface area contributed by atoms with Gasteiger partial charge in [0, 0.05) is 22.3 Å². The lowest BCUT2D eigenvalue weighted by atomic mass is 10.0. The summed E-state index contributed by atoms with van der Waals surface area (Å²) in [6, 6.07) is 0.485. The van der Waals surface area contributed by atoms with Crippen molar-refractivity contribution in [1.82, 2.24) is 15.6 Å². The van der Waals surface area contributed by atoms with E-state index >= 15 is 0 Å². The molecule has 3 amide bonds. The smallest absolute Gasteiger partial charge is 0.315 e. The first-order valence-corrected chi connectivity index (χ1v) is 9.82. The maximum Gasteiger partial charge on any atom is 0.315 e. The van der Waals surface area contributed by atoms with Crippen LogP contribution in [0.4, 0.5) is 9.93 Å². The number of carbonyl (C=O) groups excluding carboxylic acids is 2. The van der Waals surface area contributed by atoms with E-state index in [0.29, 0.717) is 16.8 Å². The maximum absolute atomic E-state index is 11.9. The summed E-state index contributed by atoms with van der Waals surface area (Å²) in [4.78, 5) is 28.7. The molecule has 1 aromatic rings. The second-order valence-electron chi connectivity index (χ2n) is 6.08. The minimum absolute atomic E-state index is 0.0338. The lowest BCUT2D eigenvalue weighted by Gasteiger charge is -2.16. The summed E-state index contributed by atoms with van der Waals surface area (Å²) in [7, 11) is 0. The molecule has 8 heteroatoms. The molecule has 0 radical (unpaired) electrons. The van der Waals surface area contributed by atoms with Gasteiger partial charge in [-0.2, -0.15) is 11.8 Å². The molecule has 0 aromatic carbocycles. The van der Waals surface area contributed by atoms with Crippen LogP contribution < -0.4 is 16.0 Å². The summed E-state index contributed by atoms with van der Waals surface area (Å²) in [6.07, 6.45) is 3.43. The molecule has 126 valence electrons. The zero-order valence-corrected chi connectivity index (χ0v) is 15.0. The number of thiazole rings is 1. The van der Waals surface area contributed by atoms with Gasteiger partial charge in [0.15, 0.2) is 5.13 Å². The molecule has 0 aliphatic carbocycles. The van der Waals surface area contributed by atoms with Gasteiger partial charge in [-0.25, -0.2) is 9.78 Å². The number of hydrogen-bond donors (Lipinski definition) is 3. The topological polar surface area (TPSA) is 83.1 Å². The summed E-state index contributed by atoms with van der Waals surface area (Å²) >= 11 is 3.44. The average molecular weight is 355 g/mol. The second kappa shape index (κ2) is 7.09. The van der Waals surface area contributed by atoms with Crippen molar-refractivity contribution >= 4 is 40.2 Å². The van der Waals surface area contributed by atoms with Crippen molar-refractivity contribution in [2.45, 2.75) is 56.9 Å². The maximum atomic E-state index is 11.9. The molecule has 2 fully saturated rings. The van der Waals surface area contributed by atoms with Crippen molar-refractivity contribution in [2.24, 2.45) is 0 Å². The van der Waals surface area contributed by atoms with Gasteiger partial charge in [-0.1, -0.05) is 6.42 Å². The van der Waals surface area contributed by atoms with Crippen LogP contribution in [0.5, 0.6) is 0 Å². The first-order valence-electron chi connectivity index (χ1n) is 7.95. The van der Waals surface area contributed by atoms with Gasteiger partial charge in [-0.05, 0) is 26.7 Å². The Hall–Kier alpha value is -1.28. The second-order valence-corrected chi connectivity index (χ2v) is 8.55. The molecule has 23 heavy (non-hydrogen) atoms. The molecule has 6 nitrogen and oxygen atoms in total. The molecule has 3 atom stereocenters. The highest BCUT2D eigenvalue weighted by Crippen LogP contribution is 2.33. The van der Waals surface area contributed by atoms with E-state index < -0.39 is 0 Å². The predicted molar refractivity (Wildman–Crippen MR) is 94.2 cm³/mol. The van der Waals surface area contributed by atoms with E-state index in [-0.39, 0.29) is 24.0 Å². The standard InChI is InChI=1S/C15H22N4O2S2/c1-8-9(2)23-15(16-8)18-12(20)6-4-3-5-11-13-10(7-22-11)17-14(21)19-13/h10-11,13H,3-7H2,1-2H3,(H,16,18,20)(H2,17,19,21). The number of nitrogens with zero attached hydrogens (tertiary/aromatic N) is 1. The lowest BCUT2D eigenvalue weighted by Crippen LogP contribution is -2.36. The third-order valence-corrected chi connectivity index (χ3v) is 6.85. The third-order valence-electron chi connectivity index (χ3n) is 4.36. The number of amides is 3. The van der Waals surface area contributed by atoms with Crippen molar-refractivity contribution in [3.8, 4) is 0 Å². The fourth-order valence-corrected chi connectivity index (χ4v) is 5.36. The summed E-state index contributed by atoms with van der Waals surface area (Å²) in [6.45, 7) is 3.95. The Morgan fingerprint density at radius 1 is 1.35 bits per heavy atom. The van der Waals surface area contributed by atoms with Crippen LogP contribution in [0.3, 0.4) is 0 Å². The third kappa shape index (κ3) is 3.98. The highest BCUT2D eigenvalue weighted by molar-refractivity contribution is 8.00. The molecule has 0 saturated carbocycles. The number of urea groups is 1. The van der Waals surface area contributed by atoms with Crippen LogP contribution in [-0.4, -0.2) is 40.0 Å². The van der Waals surface area contributed by atoms with Gasteiger partial charge in [0.2, 0.25) is 5.91 Å². The predicted octanol–water partition coefficient (Wildman–Crippen LogP) is 2.42. The van der Waals surface area contributed by atoms with E-state index in [0.717, 1.165) is 35.6 Å². The average Bonchev–Trinajstić information content (AvgIpc) is 3.11. The summed E-state index contributed by atoms with van der Waals surface area (Å²) in [5.41, 5.74) is 0.977. The van der Waals surface area contributed by atoms with Gasteiger partial charge in [-0.3, -0.25) is 4.79 Å². The SMILES string of the molecule is Cc1nc(NC(=O)CCCCC2SCC3NC(=O)NC32)sc1C. The van der Waals surface area contributed by atoms with Crippen LogP contribution >= 0.6 is 23.1 Å². The Morgan fingerprint density at radius 3 is 2.91 bits per heavy atom. The molecular formula is C15H22N4O2S2. The monoisotopic (exact) mass is 354 g/mol. The largest absolute Gasteiger partial charge is 0.332 e. The minimum Gasteiger partial charge on any atom is -0.332 e. The van der Waals surface area contributed by atoms with Crippen LogP contribution in [0.2, 0.25) is 0 Å². The number of nitrogens with one attached hydrogen (secondary N) is 3. The Balaban J connectivity index is 1.35. The number of anilines is 1. The molecule has 2 aliphatic rings. The zero-order valence-electron chi connectivity index (χ0n) is 13.3. The van der Waals surface area contributed by atoms with E-state index in [4.69, 9.17) is 0 Å². The van der Waals surface area contributed by atoms with Crippen LogP contribution in [0.25, 0.3) is 0 Å². The van der Waals surface area contributed by atoms with Gasteiger partial charge in [0.1, 0.15) is 0 Å². The van der Waals surface area contributed by atoms with Crippen LogP contribution in [0.15, 0.2) is 0 Å². The van der Waals surface area contributed by atoms with Crippen molar-refractivity contribution < 1.29 is 9.59 Å². The first-order chi connectivity index (χ1) is 11.0. The quantitative estimate of drug-likeness (QED) is 0.541. The Morgan fingerprint density at radius 2 is 2.17 bits per heavy atom. The number of rotatable bonds is 6. The van der Waals surface area contributed by atoms with Crippen molar-refractivity contribution in [1.29, 1.82) is 0 Å². The fourth-order valence-electron chi connectivity index (χ4n) is 2.98. The zero-order chi connectivity index (χ0) is 16.4. The van der Waals surface area contributed by atoms with Gasteiger partial charge >= 0.3 is 6.03 Å². The molecule has 1 aromatic heterocycles. The number of carbonyl (C=O) groups is 2. The van der Waals surface area contributed by atoms with Crippen LogP contribution in [0, 0.1) is 13.8 Å². The lowest BCUT2D eigenvalue weighted by molar-refractivity contribution is -0.116. The Kier molecular flexibility index (Phi) is 5.11. The van der Waals surface area contributed by atoms with E-state index in [9.17, 15) is 9.59 Å². The number of aromatic nitrogens is 1. The molecule has 3 rings (SSSR count). The highest BCUT2D eigenvalue weighted by atomic mass is 32.2. The summed E-state index contributed by atoms with van der Waals surface area (Å²) < 4.78 is 0. The van der Waals surface area contributed by atoms with Gasteiger partial charge < -0.3 is 16.0 Å². The highest BCUT2D eigenvalue weighted by Gasteiger charge is 2.42. The number of hydrogen-bond acceptors (Lipinski definition) is 5. The number of aryl methyl sites for hydroxylation is 2. The summed E-state index contributed by atoms with van der Waals surface area (Å²) in [5, 5.41) is 9.97. The van der Waals surface area contributed by atoms with Crippen LogP contribution in [0.1, 0.15) is 36.3 Å². The van der Waals surface area contributed by atoms with Crippen LogP contribution in [-0.2, 0) is 4.79 Å². The van der Waals surface area contributed by atoms with E-state index in [1.54, 1.807) is 0 Å². The normalized spacial score (nSPS) is 25.8. The van der Waals surface area contributed by atoms with Crippen molar-refractivity contribution in [3.05, 3.63) is 10.6 Å². The Labute approximate surface area is 144 Å². The fraction of sp³-hybridized carbons (Fsp3) is 0.667. The van der Waals surface area contributed by atoms with E-state index in [2.05, 4.69) is 20.9 Å². The molecular weight excluding hydrogens is 332 g/mol. The molecule has 3 N–H and O–H groups in total. The molecule has 0 bridgehead atoms. The molecule has 3 heterocycles. The van der Waals surface area contributed by atoms with E-state index in [1.165, 1.54) is 11.3 Å². The van der Waals surface area contributed by atoms with Gasteiger partial charge in [0.05, 0.1) is 17.8 Å². The Bertz CT molecular complexity index is 585. The van der Waals surface area contributed by atoms with Crippen molar-refractivity contribution in [2.75, 3.05) is 11.1 Å². The van der Waals surface area contributed by atoms with Crippen molar-refractivity contribution in [3.63, 3.8) is 0 Å². The first kappa shape index (κ1) is 16.6. The minimum atomic E-state index is -0.0429. The number of thioether (sulfide) groups is 1. The molecule has 2 saturated heterocycles. The summed E-state index contributed by atoms with van der Waals surface area (Å²) in [5.74, 6) is 1.02. The van der Waals surface area contributed by atoms with E-state index in [1.807, 2.05) is 25.6 Å². The molecule has 0 spiro atoms. The van der Waals surface area contributed by atoms with Gasteiger partial charge in [-0.15, -0.1) is 11.3 Å². The molecule has 3 unspecified atom stereocenters. The van der Waals surface area contributed by atoms with Gasteiger partial charge in [0.25, 0.3) is 0 Å². The number of fused-ring (bicyclic) bond motifs is 1. The number of unbranched alkanes of at least 4 members (excludes halogenated alkanes) is 1. The molecule has 2 aliphatic heterocycles.